The van der Waals surface area contributed by atoms with E-state index >= 15 is 0 Å². The Kier molecular flexibility index (Phi) is 2.85. The maximum absolute atomic E-state index is 5.89. The second-order valence-corrected chi connectivity index (χ2v) is 4.39. The minimum Gasteiger partial charge on any atom is -0.493 e. The topological polar surface area (TPSA) is 21.3 Å². The number of hydrogen-bond acceptors (Lipinski definition) is 2. The van der Waals surface area contributed by atoms with Crippen LogP contribution in [0.1, 0.15) is 24.0 Å². The monoisotopic (exact) mass is 205 g/mol. The third-order valence-corrected chi connectivity index (χ3v) is 3.03. The fraction of sp³-hybridized carbons (Fsp3) is 0.538. The summed E-state index contributed by atoms with van der Waals surface area (Å²) in [6, 6.07) is 4.22. The van der Waals surface area contributed by atoms with Crippen LogP contribution < -0.4 is 10.1 Å². The minimum absolute atomic E-state index is 0.807. The van der Waals surface area contributed by atoms with Crippen molar-refractivity contribution in [3.63, 3.8) is 0 Å². The van der Waals surface area contributed by atoms with Crippen LogP contribution in [0.5, 0.6) is 5.75 Å². The Morgan fingerprint density at radius 3 is 2.67 bits per heavy atom. The van der Waals surface area contributed by atoms with Crippen molar-refractivity contribution in [3.05, 3.63) is 23.3 Å². The van der Waals surface area contributed by atoms with Gasteiger partial charge in [-0.2, -0.15) is 0 Å². The molecule has 2 heteroatoms. The van der Waals surface area contributed by atoms with E-state index in [1.165, 1.54) is 24.0 Å². The maximum atomic E-state index is 5.89. The second-order valence-electron chi connectivity index (χ2n) is 4.39. The fourth-order valence-electron chi connectivity index (χ4n) is 1.81. The summed E-state index contributed by atoms with van der Waals surface area (Å²) in [5.74, 6) is 1.87. The van der Waals surface area contributed by atoms with Gasteiger partial charge in [-0.25, -0.2) is 0 Å². The lowest BCUT2D eigenvalue weighted by atomic mass is 10.1. The van der Waals surface area contributed by atoms with Crippen LogP contribution in [-0.2, 0) is 0 Å². The van der Waals surface area contributed by atoms with Crippen molar-refractivity contribution in [2.24, 2.45) is 5.92 Å². The van der Waals surface area contributed by atoms with Gasteiger partial charge < -0.3 is 10.1 Å². The highest BCUT2D eigenvalue weighted by Gasteiger charge is 2.22. The Balaban J connectivity index is 2.18. The molecule has 1 saturated carbocycles. The highest BCUT2D eigenvalue weighted by atomic mass is 16.5. The highest BCUT2D eigenvalue weighted by molar-refractivity contribution is 5.59. The molecule has 1 N–H and O–H groups in total. The minimum atomic E-state index is 0.807. The van der Waals surface area contributed by atoms with Gasteiger partial charge in [0.25, 0.3) is 0 Å². The molecule has 0 spiro atoms. The molecule has 2 nitrogen and oxygen atoms in total. The zero-order valence-corrected chi connectivity index (χ0v) is 9.76. The standard InChI is InChI=1S/C13H19NO/c1-9-4-7-12(14-3)10(2)13(9)15-8-11-5-6-11/h4,7,11,14H,5-6,8H2,1-3H3. The van der Waals surface area contributed by atoms with Crippen molar-refractivity contribution >= 4 is 5.69 Å². The molecule has 0 aromatic heterocycles. The molecule has 0 radical (unpaired) electrons. The number of nitrogens with one attached hydrogen (secondary N) is 1. The smallest absolute Gasteiger partial charge is 0.127 e. The van der Waals surface area contributed by atoms with Crippen LogP contribution in [0, 0.1) is 19.8 Å². The van der Waals surface area contributed by atoms with Crippen molar-refractivity contribution in [2.75, 3.05) is 19.0 Å². The van der Waals surface area contributed by atoms with Crippen LogP contribution in [0.15, 0.2) is 12.1 Å². The van der Waals surface area contributed by atoms with E-state index in [-0.39, 0.29) is 0 Å². The van der Waals surface area contributed by atoms with Crippen LogP contribution in [0.25, 0.3) is 0 Å². The molecular weight excluding hydrogens is 186 g/mol. The fourth-order valence-corrected chi connectivity index (χ4v) is 1.81. The average Bonchev–Trinajstić information content (AvgIpc) is 3.02. The van der Waals surface area contributed by atoms with Gasteiger partial charge in [0.1, 0.15) is 5.75 Å². The largest absolute Gasteiger partial charge is 0.493 e. The highest BCUT2D eigenvalue weighted by Crippen LogP contribution is 2.33. The first kappa shape index (κ1) is 10.3. The summed E-state index contributed by atoms with van der Waals surface area (Å²) in [5.41, 5.74) is 3.61. The molecule has 15 heavy (non-hydrogen) atoms. The summed E-state index contributed by atoms with van der Waals surface area (Å²) in [7, 11) is 1.95. The molecule has 0 saturated heterocycles. The average molecular weight is 205 g/mol. The lowest BCUT2D eigenvalue weighted by molar-refractivity contribution is 0.296. The lowest BCUT2D eigenvalue weighted by Gasteiger charge is -2.15. The van der Waals surface area contributed by atoms with Crippen molar-refractivity contribution < 1.29 is 4.74 Å². The molecule has 82 valence electrons. The predicted octanol–water partition coefficient (Wildman–Crippen LogP) is 3.13. The zero-order valence-electron chi connectivity index (χ0n) is 9.76. The summed E-state index contributed by atoms with van der Waals surface area (Å²) in [6.07, 6.45) is 2.67. The molecule has 2 rings (SSSR count). The van der Waals surface area contributed by atoms with Crippen molar-refractivity contribution in [1.29, 1.82) is 0 Å². The first-order valence-electron chi connectivity index (χ1n) is 5.63. The molecule has 0 unspecified atom stereocenters. The van der Waals surface area contributed by atoms with Gasteiger partial charge in [-0.05, 0) is 44.2 Å². The molecular formula is C13H19NO. The van der Waals surface area contributed by atoms with Crippen molar-refractivity contribution in [2.45, 2.75) is 26.7 Å². The van der Waals surface area contributed by atoms with Crippen LogP contribution in [0.2, 0.25) is 0 Å². The molecule has 0 amide bonds. The Bertz CT molecular complexity index is 356. The van der Waals surface area contributed by atoms with Gasteiger partial charge in [-0.3, -0.25) is 0 Å². The predicted molar refractivity (Wildman–Crippen MR) is 63.7 cm³/mol. The Hall–Kier alpha value is -1.18. The number of rotatable bonds is 4. The summed E-state index contributed by atoms with van der Waals surface area (Å²) in [4.78, 5) is 0. The first-order valence-corrected chi connectivity index (χ1v) is 5.63. The molecule has 1 aliphatic carbocycles. The number of hydrogen-bond donors (Lipinski definition) is 1. The maximum Gasteiger partial charge on any atom is 0.127 e. The molecule has 1 aromatic carbocycles. The lowest BCUT2D eigenvalue weighted by Crippen LogP contribution is -2.03. The van der Waals surface area contributed by atoms with Gasteiger partial charge in [0.05, 0.1) is 6.61 Å². The van der Waals surface area contributed by atoms with E-state index in [4.69, 9.17) is 4.74 Å². The van der Waals surface area contributed by atoms with Gasteiger partial charge in [0.2, 0.25) is 0 Å². The molecule has 0 atom stereocenters. The molecule has 1 fully saturated rings. The van der Waals surface area contributed by atoms with E-state index in [0.29, 0.717) is 0 Å². The molecule has 1 aromatic rings. The molecule has 0 bridgehead atoms. The van der Waals surface area contributed by atoms with Crippen LogP contribution in [0.4, 0.5) is 5.69 Å². The summed E-state index contributed by atoms with van der Waals surface area (Å²) >= 11 is 0. The van der Waals surface area contributed by atoms with E-state index < -0.39 is 0 Å². The van der Waals surface area contributed by atoms with Crippen LogP contribution in [-0.4, -0.2) is 13.7 Å². The third-order valence-electron chi connectivity index (χ3n) is 3.03. The van der Waals surface area contributed by atoms with Gasteiger partial charge >= 0.3 is 0 Å². The van der Waals surface area contributed by atoms with Crippen molar-refractivity contribution in [1.82, 2.24) is 0 Å². The zero-order chi connectivity index (χ0) is 10.8. The van der Waals surface area contributed by atoms with E-state index in [1.54, 1.807) is 0 Å². The number of aryl methyl sites for hydroxylation is 1. The molecule has 1 aliphatic rings. The summed E-state index contributed by atoms with van der Waals surface area (Å²) in [6.45, 7) is 5.10. The van der Waals surface area contributed by atoms with Gasteiger partial charge in [0, 0.05) is 18.3 Å². The Morgan fingerprint density at radius 1 is 1.33 bits per heavy atom. The number of anilines is 1. The molecule has 0 aliphatic heterocycles. The van der Waals surface area contributed by atoms with Gasteiger partial charge in [-0.15, -0.1) is 0 Å². The molecule has 0 heterocycles. The third kappa shape index (κ3) is 2.25. The van der Waals surface area contributed by atoms with Crippen molar-refractivity contribution in [3.8, 4) is 5.75 Å². The van der Waals surface area contributed by atoms with Gasteiger partial charge in [0.15, 0.2) is 0 Å². The normalized spacial score (nSPS) is 15.1. The van der Waals surface area contributed by atoms with E-state index in [9.17, 15) is 0 Å². The number of benzene rings is 1. The summed E-state index contributed by atoms with van der Waals surface area (Å²) in [5, 5.41) is 3.19. The Labute approximate surface area is 91.6 Å². The van der Waals surface area contributed by atoms with E-state index in [1.807, 2.05) is 7.05 Å². The second kappa shape index (κ2) is 4.13. The van der Waals surface area contributed by atoms with Crippen LogP contribution in [0.3, 0.4) is 0 Å². The Morgan fingerprint density at radius 2 is 2.07 bits per heavy atom. The quantitative estimate of drug-likeness (QED) is 0.815. The van der Waals surface area contributed by atoms with Crippen LogP contribution >= 0.6 is 0 Å². The van der Waals surface area contributed by atoms with Gasteiger partial charge in [-0.1, -0.05) is 6.07 Å². The summed E-state index contributed by atoms with van der Waals surface area (Å²) < 4.78 is 5.89. The van der Waals surface area contributed by atoms with E-state index in [0.717, 1.165) is 24.0 Å². The SMILES string of the molecule is CNc1ccc(C)c(OCC2CC2)c1C. The number of ether oxygens (including phenoxy) is 1. The first-order chi connectivity index (χ1) is 7.22. The van der Waals surface area contributed by atoms with E-state index in [2.05, 4.69) is 31.3 Å².